The summed E-state index contributed by atoms with van der Waals surface area (Å²) in [6.45, 7) is 15.6. The first kappa shape index (κ1) is 18.1. The Morgan fingerprint density at radius 2 is 0.826 bits per heavy atom. The molecule has 0 unspecified atom stereocenters. The van der Waals surface area contributed by atoms with Gasteiger partial charge in [0, 0.05) is 10.2 Å². The van der Waals surface area contributed by atoms with Gasteiger partial charge in [0.05, 0.1) is 0 Å². The molecule has 1 heteroatoms. The summed E-state index contributed by atoms with van der Waals surface area (Å²) in [6, 6.07) is 18.0. The van der Waals surface area contributed by atoms with Crippen molar-refractivity contribution in [2.24, 2.45) is 0 Å². The average molecular weight is 327 g/mol. The molecule has 2 aromatic rings. The van der Waals surface area contributed by atoms with Crippen molar-refractivity contribution in [1.29, 1.82) is 0 Å². The zero-order chi connectivity index (χ0) is 17.5. The maximum atomic E-state index is 4.66. The minimum absolute atomic E-state index is 0.00428. The maximum Gasteiger partial charge on any atom is 0.0322 e. The lowest BCUT2D eigenvalue weighted by Gasteiger charge is -2.28. The molecule has 0 atom stereocenters. The number of thiol groups is 1. The van der Waals surface area contributed by atoms with Crippen LogP contribution in [0.25, 0.3) is 0 Å². The molecule has 0 aliphatic heterocycles. The Hall–Kier alpha value is -1.21. The Labute approximate surface area is 147 Å². The topological polar surface area (TPSA) is 0 Å². The molecule has 0 radical (unpaired) electrons. The smallest absolute Gasteiger partial charge is 0.0322 e. The summed E-state index contributed by atoms with van der Waals surface area (Å²) in [7, 11) is 0. The Morgan fingerprint density at radius 1 is 0.522 bits per heavy atom. The van der Waals surface area contributed by atoms with Crippen LogP contribution in [0.2, 0.25) is 0 Å². The maximum absolute atomic E-state index is 4.66. The van der Waals surface area contributed by atoms with Gasteiger partial charge >= 0.3 is 0 Å². The lowest BCUT2D eigenvalue weighted by atomic mass is 9.76. The van der Waals surface area contributed by atoms with Gasteiger partial charge in [-0.25, -0.2) is 0 Å². The van der Waals surface area contributed by atoms with E-state index < -0.39 is 0 Å². The summed E-state index contributed by atoms with van der Waals surface area (Å²) < 4.78 is -0.100. The molecule has 0 spiro atoms. The highest BCUT2D eigenvalue weighted by atomic mass is 32.1. The molecule has 0 bridgehead atoms. The van der Waals surface area contributed by atoms with Crippen molar-refractivity contribution in [2.75, 3.05) is 0 Å². The van der Waals surface area contributed by atoms with Gasteiger partial charge < -0.3 is 0 Å². The normalized spacial score (nSPS) is 13.2. The minimum atomic E-state index is -0.100. The van der Waals surface area contributed by atoms with Gasteiger partial charge in [-0.2, -0.15) is 12.6 Å². The third-order valence-corrected chi connectivity index (χ3v) is 5.04. The van der Waals surface area contributed by atoms with E-state index in [1.807, 2.05) is 0 Å². The van der Waals surface area contributed by atoms with Gasteiger partial charge in [-0.05, 0) is 41.5 Å². The average Bonchev–Trinajstić information content (AvgIpc) is 2.46. The minimum Gasteiger partial charge on any atom is -0.168 e. The van der Waals surface area contributed by atoms with Crippen LogP contribution in [0.1, 0.15) is 70.7 Å². The van der Waals surface area contributed by atoms with Crippen LogP contribution in [0, 0.1) is 0 Å². The molecule has 2 rings (SSSR count). The highest BCUT2D eigenvalue weighted by Gasteiger charge is 2.25. The van der Waals surface area contributed by atoms with Gasteiger partial charge in [-0.3, -0.25) is 0 Å². The van der Waals surface area contributed by atoms with Gasteiger partial charge in [0.15, 0.2) is 0 Å². The van der Waals surface area contributed by atoms with Crippen LogP contribution in [-0.2, 0) is 15.6 Å². The highest BCUT2D eigenvalue weighted by molar-refractivity contribution is 7.81. The van der Waals surface area contributed by atoms with Gasteiger partial charge in [0.1, 0.15) is 0 Å². The molecule has 0 N–H and O–H groups in total. The van der Waals surface area contributed by atoms with E-state index in [0.717, 1.165) is 0 Å². The fourth-order valence-electron chi connectivity index (χ4n) is 2.85. The summed E-state index contributed by atoms with van der Waals surface area (Å²) in [6.07, 6.45) is 0. The first-order valence-corrected chi connectivity index (χ1v) is 8.81. The predicted octanol–water partition coefficient (Wildman–Crippen LogP) is 6.47. The Balaban J connectivity index is 2.34. The van der Waals surface area contributed by atoms with E-state index in [-0.39, 0.29) is 15.6 Å². The third kappa shape index (κ3) is 4.01. The molecule has 0 saturated heterocycles. The van der Waals surface area contributed by atoms with Crippen LogP contribution in [0.5, 0.6) is 0 Å². The lowest BCUT2D eigenvalue weighted by Crippen LogP contribution is -2.20. The second-order valence-corrected chi connectivity index (χ2v) is 9.71. The number of rotatable bonds is 3. The van der Waals surface area contributed by atoms with Gasteiger partial charge in [0.25, 0.3) is 0 Å². The van der Waals surface area contributed by atoms with Crippen LogP contribution in [0.4, 0.5) is 0 Å². The fourth-order valence-corrected chi connectivity index (χ4v) is 3.00. The second-order valence-electron chi connectivity index (χ2n) is 8.59. The van der Waals surface area contributed by atoms with E-state index in [1.165, 1.54) is 22.3 Å². The van der Waals surface area contributed by atoms with Crippen molar-refractivity contribution in [2.45, 2.75) is 64.0 Å². The van der Waals surface area contributed by atoms with Gasteiger partial charge in [0.2, 0.25) is 0 Å². The van der Waals surface area contributed by atoms with Crippen LogP contribution in [0.15, 0.2) is 48.5 Å². The zero-order valence-electron chi connectivity index (χ0n) is 15.6. The molecule has 0 amide bonds. The molecule has 23 heavy (non-hydrogen) atoms. The summed E-state index contributed by atoms with van der Waals surface area (Å²) >= 11 is 4.66. The van der Waals surface area contributed by atoms with E-state index in [1.54, 1.807) is 0 Å². The SMILES string of the molecule is CC(C)(C)c1ccc(C(C)(C)c2ccc(C(C)(C)S)cc2)cc1. The van der Waals surface area contributed by atoms with Crippen LogP contribution in [-0.4, -0.2) is 0 Å². The third-order valence-electron chi connectivity index (χ3n) is 4.79. The molecule has 0 fully saturated rings. The van der Waals surface area contributed by atoms with Crippen molar-refractivity contribution in [3.8, 4) is 0 Å². The Bertz CT molecular complexity index is 588. The largest absolute Gasteiger partial charge is 0.168 e. The molecular weight excluding hydrogens is 296 g/mol. The zero-order valence-corrected chi connectivity index (χ0v) is 16.5. The molecule has 0 heterocycles. The van der Waals surface area contributed by atoms with E-state index in [4.69, 9.17) is 0 Å². The van der Waals surface area contributed by atoms with Crippen molar-refractivity contribution >= 4 is 12.6 Å². The quantitative estimate of drug-likeness (QED) is 0.613. The van der Waals surface area contributed by atoms with Crippen LogP contribution >= 0.6 is 12.6 Å². The molecule has 0 aromatic heterocycles. The van der Waals surface area contributed by atoms with E-state index >= 15 is 0 Å². The summed E-state index contributed by atoms with van der Waals surface area (Å²) in [5, 5.41) is 0. The monoisotopic (exact) mass is 326 g/mol. The van der Waals surface area contributed by atoms with Crippen molar-refractivity contribution in [3.63, 3.8) is 0 Å². The number of hydrogen-bond donors (Lipinski definition) is 1. The van der Waals surface area contributed by atoms with Gasteiger partial charge in [-0.15, -0.1) is 0 Å². The highest BCUT2D eigenvalue weighted by Crippen LogP contribution is 2.35. The Morgan fingerprint density at radius 3 is 1.13 bits per heavy atom. The molecule has 0 saturated carbocycles. The second kappa shape index (κ2) is 6.02. The van der Waals surface area contributed by atoms with E-state index in [0.29, 0.717) is 0 Å². The Kier molecular flexibility index (Phi) is 4.74. The first-order chi connectivity index (χ1) is 10.4. The molecular formula is C22H30S. The molecule has 0 nitrogen and oxygen atoms in total. The van der Waals surface area contributed by atoms with Crippen molar-refractivity contribution < 1.29 is 0 Å². The summed E-state index contributed by atoms with van der Waals surface area (Å²) in [5.41, 5.74) is 5.51. The fraction of sp³-hybridized carbons (Fsp3) is 0.455. The molecule has 0 aliphatic carbocycles. The standard InChI is InChI=1S/C22H30S/c1-20(2,3)16-8-10-17(11-9-16)21(4,5)18-12-14-19(15-13-18)22(6,7)23/h8-15,23H,1-7H3. The molecule has 0 aliphatic rings. The van der Waals surface area contributed by atoms with Crippen molar-refractivity contribution in [1.82, 2.24) is 0 Å². The summed E-state index contributed by atoms with van der Waals surface area (Å²) in [4.78, 5) is 0. The van der Waals surface area contributed by atoms with E-state index in [9.17, 15) is 0 Å². The first-order valence-electron chi connectivity index (χ1n) is 8.37. The summed E-state index contributed by atoms with van der Waals surface area (Å²) in [5.74, 6) is 0. The predicted molar refractivity (Wildman–Crippen MR) is 106 cm³/mol. The van der Waals surface area contributed by atoms with E-state index in [2.05, 4.69) is 110 Å². The van der Waals surface area contributed by atoms with Crippen molar-refractivity contribution in [3.05, 3.63) is 70.8 Å². The van der Waals surface area contributed by atoms with Crippen LogP contribution < -0.4 is 0 Å². The lowest BCUT2D eigenvalue weighted by molar-refractivity contribution is 0.587. The number of benzene rings is 2. The molecule has 2 aromatic carbocycles. The van der Waals surface area contributed by atoms with Crippen LogP contribution in [0.3, 0.4) is 0 Å². The number of hydrogen-bond acceptors (Lipinski definition) is 1. The van der Waals surface area contributed by atoms with Gasteiger partial charge in [-0.1, -0.05) is 83.1 Å². The molecule has 124 valence electrons.